The molecule has 154 valence electrons. The number of ether oxygens (including phenoxy) is 1. The van der Waals surface area contributed by atoms with E-state index in [1.54, 1.807) is 13.1 Å². The Balaban J connectivity index is 1.42. The fourth-order valence-electron chi connectivity index (χ4n) is 5.68. The van der Waals surface area contributed by atoms with Crippen LogP contribution in [0.1, 0.15) is 59.8 Å². The number of hydrogen-bond acceptors (Lipinski definition) is 6. The zero-order valence-electron chi connectivity index (χ0n) is 16.8. The van der Waals surface area contributed by atoms with E-state index in [0.717, 1.165) is 49.4 Å². The molecule has 3 fully saturated rings. The molecule has 8 nitrogen and oxygen atoms in total. The number of carbonyl (C=O) groups excluding carboxylic acids is 2. The molecule has 5 rings (SSSR count). The molecular weight excluding hydrogens is 372 g/mol. The van der Waals surface area contributed by atoms with Crippen molar-refractivity contribution in [3.05, 3.63) is 41.1 Å². The Kier molecular flexibility index (Phi) is 4.27. The molecule has 1 N–H and O–H groups in total. The van der Waals surface area contributed by atoms with E-state index < -0.39 is 5.54 Å². The molecular formula is C21H26N4O4. The quantitative estimate of drug-likeness (QED) is 0.778. The highest BCUT2D eigenvalue weighted by molar-refractivity contribution is 5.91. The molecule has 3 atom stereocenters. The molecule has 0 aliphatic carbocycles. The maximum atomic E-state index is 13.6. The number of amides is 1. The van der Waals surface area contributed by atoms with Gasteiger partial charge in [0.05, 0.1) is 19.3 Å². The minimum Gasteiger partial charge on any atom is -0.464 e. The number of aryl methyl sites for hydroxylation is 1. The summed E-state index contributed by atoms with van der Waals surface area (Å²) in [5.41, 5.74) is 0.796. The predicted octanol–water partition coefficient (Wildman–Crippen LogP) is 2.43. The zero-order chi connectivity index (χ0) is 20.2. The molecule has 2 aromatic heterocycles. The van der Waals surface area contributed by atoms with Crippen LogP contribution >= 0.6 is 0 Å². The van der Waals surface area contributed by atoms with Crippen molar-refractivity contribution in [2.24, 2.45) is 5.92 Å². The Morgan fingerprint density at radius 3 is 3.07 bits per heavy atom. The number of likely N-dealkylation sites (tertiary alicyclic amines) is 1. The minimum absolute atomic E-state index is 0.0117. The first kappa shape index (κ1) is 18.4. The second-order valence-electron chi connectivity index (χ2n) is 8.29. The van der Waals surface area contributed by atoms with Gasteiger partial charge in [-0.25, -0.2) is 4.79 Å². The third-order valence-electron chi connectivity index (χ3n) is 6.78. The highest BCUT2D eigenvalue weighted by Gasteiger charge is 2.65. The highest BCUT2D eigenvalue weighted by atomic mass is 16.5. The number of aromatic nitrogens is 2. The van der Waals surface area contributed by atoms with Crippen LogP contribution in [-0.2, 0) is 16.1 Å². The number of rotatable bonds is 5. The highest BCUT2D eigenvalue weighted by Crippen LogP contribution is 2.56. The molecule has 0 unspecified atom stereocenters. The van der Waals surface area contributed by atoms with E-state index in [0.29, 0.717) is 18.8 Å². The van der Waals surface area contributed by atoms with Gasteiger partial charge in [-0.05, 0) is 51.8 Å². The van der Waals surface area contributed by atoms with Crippen LogP contribution in [0.4, 0.5) is 0 Å². The Morgan fingerprint density at radius 2 is 2.31 bits per heavy atom. The number of esters is 1. The summed E-state index contributed by atoms with van der Waals surface area (Å²) in [6, 6.07) is 3.89. The summed E-state index contributed by atoms with van der Waals surface area (Å²) < 4.78 is 10.9. The van der Waals surface area contributed by atoms with Gasteiger partial charge in [0.15, 0.2) is 0 Å². The van der Waals surface area contributed by atoms with Gasteiger partial charge < -0.3 is 14.1 Å². The van der Waals surface area contributed by atoms with Crippen LogP contribution in [0.15, 0.2) is 22.7 Å². The molecule has 8 heteroatoms. The van der Waals surface area contributed by atoms with E-state index >= 15 is 0 Å². The van der Waals surface area contributed by atoms with Crippen LogP contribution in [0.5, 0.6) is 0 Å². The number of hydrogen-bond donors (Lipinski definition) is 1. The van der Waals surface area contributed by atoms with E-state index in [9.17, 15) is 9.59 Å². The van der Waals surface area contributed by atoms with Crippen LogP contribution in [0.3, 0.4) is 0 Å². The van der Waals surface area contributed by atoms with E-state index in [2.05, 4.69) is 15.1 Å². The van der Waals surface area contributed by atoms with Crippen molar-refractivity contribution in [2.75, 3.05) is 19.7 Å². The number of nitrogens with zero attached hydrogens (tertiary/aromatic N) is 3. The summed E-state index contributed by atoms with van der Waals surface area (Å²) in [7, 11) is 0. The third-order valence-corrected chi connectivity index (χ3v) is 6.78. The number of aromatic amines is 1. The summed E-state index contributed by atoms with van der Waals surface area (Å²) in [6.07, 6.45) is 4.41. The Hall–Kier alpha value is -2.61. The van der Waals surface area contributed by atoms with Crippen LogP contribution in [0.2, 0.25) is 0 Å². The van der Waals surface area contributed by atoms with Gasteiger partial charge >= 0.3 is 5.97 Å². The zero-order valence-corrected chi connectivity index (χ0v) is 16.8. The number of nitrogens with one attached hydrogen (secondary N) is 1. The standard InChI is InChI=1S/C21H26N4O4/c1-3-28-19(26)18-16(10-22-23-18)17-9-14-11-24(12-15-6-5-13(2)29-15)20(27)21(14)7-4-8-25(17)21/h5-6,10,14,17H,3-4,7-9,11-12H2,1-2H3,(H,22,23)/t14-,17-,21-/m0/s1. The monoisotopic (exact) mass is 398 g/mol. The SMILES string of the molecule is CCOC(=O)c1[nH]ncc1[C@@H]1C[C@H]2CN(Cc3ccc(C)o3)C(=O)[C@]23CCCN13. The summed E-state index contributed by atoms with van der Waals surface area (Å²) in [5, 5.41) is 6.91. The number of furan rings is 1. The lowest BCUT2D eigenvalue weighted by atomic mass is 9.85. The Morgan fingerprint density at radius 1 is 1.45 bits per heavy atom. The van der Waals surface area contributed by atoms with Crippen LogP contribution in [0.25, 0.3) is 0 Å². The van der Waals surface area contributed by atoms with Gasteiger partial charge in [0.2, 0.25) is 5.91 Å². The molecule has 29 heavy (non-hydrogen) atoms. The summed E-state index contributed by atoms with van der Waals surface area (Å²) in [4.78, 5) is 30.2. The summed E-state index contributed by atoms with van der Waals surface area (Å²) in [5.74, 6) is 1.74. The Bertz CT molecular complexity index is 950. The van der Waals surface area contributed by atoms with E-state index in [-0.39, 0.29) is 23.8 Å². The average Bonchev–Trinajstić information content (AvgIpc) is 3.47. The smallest absolute Gasteiger partial charge is 0.356 e. The second-order valence-corrected chi connectivity index (χ2v) is 8.29. The maximum Gasteiger partial charge on any atom is 0.356 e. The van der Waals surface area contributed by atoms with Crippen molar-refractivity contribution in [3.63, 3.8) is 0 Å². The van der Waals surface area contributed by atoms with Crippen LogP contribution in [-0.4, -0.2) is 57.1 Å². The molecule has 3 saturated heterocycles. The predicted molar refractivity (Wildman–Crippen MR) is 103 cm³/mol. The summed E-state index contributed by atoms with van der Waals surface area (Å²) in [6.45, 7) is 6.11. The largest absolute Gasteiger partial charge is 0.464 e. The van der Waals surface area contributed by atoms with Gasteiger partial charge in [0.25, 0.3) is 0 Å². The summed E-state index contributed by atoms with van der Waals surface area (Å²) >= 11 is 0. The van der Waals surface area contributed by atoms with E-state index in [1.807, 2.05) is 24.0 Å². The lowest BCUT2D eigenvalue weighted by molar-refractivity contribution is -0.137. The van der Waals surface area contributed by atoms with E-state index in [1.165, 1.54) is 0 Å². The van der Waals surface area contributed by atoms with Gasteiger partial charge in [0, 0.05) is 24.1 Å². The molecule has 3 aliphatic rings. The lowest BCUT2D eigenvalue weighted by Crippen LogP contribution is -2.49. The molecule has 5 heterocycles. The molecule has 0 bridgehead atoms. The molecule has 3 aliphatic heterocycles. The van der Waals surface area contributed by atoms with Crippen molar-refractivity contribution in [2.45, 2.75) is 51.2 Å². The van der Waals surface area contributed by atoms with Crippen molar-refractivity contribution < 1.29 is 18.7 Å². The fourth-order valence-corrected chi connectivity index (χ4v) is 5.68. The van der Waals surface area contributed by atoms with Crippen LogP contribution < -0.4 is 0 Å². The molecule has 2 aromatic rings. The molecule has 0 saturated carbocycles. The first-order chi connectivity index (χ1) is 14.0. The number of carbonyl (C=O) groups is 2. The van der Waals surface area contributed by atoms with Crippen molar-refractivity contribution in [1.29, 1.82) is 0 Å². The van der Waals surface area contributed by atoms with Gasteiger partial charge in [-0.1, -0.05) is 0 Å². The number of H-pyrrole nitrogens is 1. The first-order valence-electron chi connectivity index (χ1n) is 10.4. The topological polar surface area (TPSA) is 91.7 Å². The Labute approximate surface area is 169 Å². The minimum atomic E-state index is -0.463. The van der Waals surface area contributed by atoms with Crippen molar-refractivity contribution in [3.8, 4) is 0 Å². The second kappa shape index (κ2) is 6.73. The normalized spacial score (nSPS) is 28.8. The van der Waals surface area contributed by atoms with Crippen molar-refractivity contribution in [1.82, 2.24) is 20.0 Å². The van der Waals surface area contributed by atoms with Gasteiger partial charge in [-0.3, -0.25) is 14.8 Å². The van der Waals surface area contributed by atoms with Gasteiger partial charge in [-0.2, -0.15) is 5.10 Å². The fraction of sp³-hybridized carbons (Fsp3) is 0.571. The first-order valence-corrected chi connectivity index (χ1v) is 10.4. The lowest BCUT2D eigenvalue weighted by Gasteiger charge is -2.33. The van der Waals surface area contributed by atoms with Gasteiger partial charge in [0.1, 0.15) is 22.8 Å². The van der Waals surface area contributed by atoms with E-state index in [4.69, 9.17) is 9.15 Å². The van der Waals surface area contributed by atoms with Gasteiger partial charge in [-0.15, -0.1) is 0 Å². The third kappa shape index (κ3) is 2.65. The van der Waals surface area contributed by atoms with Crippen LogP contribution in [0, 0.1) is 12.8 Å². The molecule has 1 spiro atoms. The molecule has 0 aromatic carbocycles. The van der Waals surface area contributed by atoms with Crippen molar-refractivity contribution >= 4 is 11.9 Å². The molecule has 0 radical (unpaired) electrons. The maximum absolute atomic E-state index is 13.6. The average molecular weight is 398 g/mol. The molecule has 1 amide bonds.